The fourth-order valence-electron chi connectivity index (χ4n) is 4.46. The quantitative estimate of drug-likeness (QED) is 0.581. The molecule has 0 radical (unpaired) electrons. The highest BCUT2D eigenvalue weighted by molar-refractivity contribution is 5.87. The third-order valence-corrected chi connectivity index (χ3v) is 6.46. The first-order chi connectivity index (χ1) is 15.8. The number of ether oxygens (including phenoxy) is 1. The predicted molar refractivity (Wildman–Crippen MR) is 119 cm³/mol. The molecule has 0 amide bonds. The summed E-state index contributed by atoms with van der Waals surface area (Å²) in [4.78, 5) is 21.8. The number of fused-ring (bicyclic) bond motifs is 1. The average molecular weight is 461 g/mol. The van der Waals surface area contributed by atoms with Gasteiger partial charge in [-0.25, -0.2) is 23.1 Å². The number of halogens is 3. The zero-order valence-electron chi connectivity index (χ0n) is 18.7. The molecule has 1 aromatic carbocycles. The Morgan fingerprint density at radius 3 is 2.55 bits per heavy atom. The van der Waals surface area contributed by atoms with E-state index < -0.39 is 29.4 Å². The minimum Gasteiger partial charge on any atom is -0.381 e. The molecule has 4 rings (SSSR count). The molecule has 3 aromatic rings. The largest absolute Gasteiger partial charge is 0.381 e. The number of hydrogen-bond acceptors (Lipinski definition) is 6. The molecule has 1 fully saturated rings. The van der Waals surface area contributed by atoms with Crippen molar-refractivity contribution in [3.63, 3.8) is 0 Å². The normalized spacial score (nSPS) is 16.8. The van der Waals surface area contributed by atoms with Crippen LogP contribution >= 0.6 is 0 Å². The summed E-state index contributed by atoms with van der Waals surface area (Å²) in [6, 6.07) is 5.04. The Hall–Kier alpha value is -2.98. The Kier molecular flexibility index (Phi) is 6.40. The van der Waals surface area contributed by atoms with Crippen LogP contribution in [0, 0.1) is 5.82 Å². The van der Waals surface area contributed by atoms with E-state index in [1.54, 1.807) is 20.0 Å². The van der Waals surface area contributed by atoms with Crippen molar-refractivity contribution in [1.82, 2.24) is 19.9 Å². The molecule has 10 heteroatoms. The first-order valence-corrected chi connectivity index (χ1v) is 10.7. The van der Waals surface area contributed by atoms with Gasteiger partial charge < -0.3 is 15.4 Å². The van der Waals surface area contributed by atoms with Crippen molar-refractivity contribution in [1.29, 1.82) is 0 Å². The Bertz CT molecular complexity index is 1220. The Morgan fingerprint density at radius 1 is 1.18 bits per heavy atom. The number of nitrogens with zero attached hydrogens (tertiary/aromatic N) is 3. The summed E-state index contributed by atoms with van der Waals surface area (Å²) in [5.41, 5.74) is -0.299. The van der Waals surface area contributed by atoms with Crippen LogP contribution in [0.3, 0.4) is 0 Å². The van der Waals surface area contributed by atoms with Crippen LogP contribution in [0.25, 0.3) is 11.0 Å². The van der Waals surface area contributed by atoms with Crippen LogP contribution in [0.1, 0.15) is 48.9 Å². The van der Waals surface area contributed by atoms with Crippen molar-refractivity contribution in [2.75, 3.05) is 25.6 Å². The van der Waals surface area contributed by atoms with E-state index in [9.17, 15) is 18.0 Å². The van der Waals surface area contributed by atoms with Gasteiger partial charge in [-0.3, -0.25) is 9.36 Å². The van der Waals surface area contributed by atoms with Gasteiger partial charge in [-0.2, -0.15) is 0 Å². The second-order valence-corrected chi connectivity index (χ2v) is 8.24. The van der Waals surface area contributed by atoms with Crippen LogP contribution in [0.15, 0.2) is 35.4 Å². The molecule has 0 aliphatic carbocycles. The number of anilines is 1. The number of benzene rings is 1. The molecule has 0 spiro atoms. The van der Waals surface area contributed by atoms with Gasteiger partial charge in [0, 0.05) is 31.4 Å². The van der Waals surface area contributed by atoms with E-state index in [-0.39, 0.29) is 11.1 Å². The van der Waals surface area contributed by atoms with E-state index in [4.69, 9.17) is 4.74 Å². The molecule has 7 nitrogen and oxygen atoms in total. The lowest BCUT2D eigenvalue weighted by atomic mass is 9.83. The van der Waals surface area contributed by atoms with Gasteiger partial charge in [-0.15, -0.1) is 0 Å². The maximum absolute atomic E-state index is 14.7. The second kappa shape index (κ2) is 9.11. The van der Waals surface area contributed by atoms with Crippen molar-refractivity contribution in [2.45, 2.75) is 37.8 Å². The smallest absolute Gasteiger partial charge is 0.266 e. The van der Waals surface area contributed by atoms with Crippen LogP contribution < -0.4 is 16.2 Å². The predicted octanol–water partition coefficient (Wildman–Crippen LogP) is 3.80. The molecule has 1 atom stereocenters. The Labute approximate surface area is 189 Å². The van der Waals surface area contributed by atoms with Crippen LogP contribution in [0.4, 0.5) is 19.0 Å². The SMILES string of the molecule is CNC1(c2cc3c(N[C@H](C)c4cccc(C(F)F)c4F)ncnc3n(C)c2=O)CCOCC1. The second-order valence-electron chi connectivity index (χ2n) is 8.24. The van der Waals surface area contributed by atoms with Crippen molar-refractivity contribution < 1.29 is 17.9 Å². The molecule has 1 saturated heterocycles. The van der Waals surface area contributed by atoms with Crippen LogP contribution in [0.5, 0.6) is 0 Å². The lowest BCUT2D eigenvalue weighted by Gasteiger charge is -2.37. The Balaban J connectivity index is 1.80. The molecule has 3 heterocycles. The molecule has 176 valence electrons. The van der Waals surface area contributed by atoms with Gasteiger partial charge in [-0.05, 0) is 32.9 Å². The zero-order chi connectivity index (χ0) is 23.8. The highest BCUT2D eigenvalue weighted by Gasteiger charge is 2.36. The van der Waals surface area contributed by atoms with Gasteiger partial charge in [-0.1, -0.05) is 18.2 Å². The molecule has 2 aromatic heterocycles. The molecule has 1 aliphatic heterocycles. The van der Waals surface area contributed by atoms with Gasteiger partial charge in [0.15, 0.2) is 0 Å². The number of hydrogen-bond donors (Lipinski definition) is 2. The molecular weight excluding hydrogens is 435 g/mol. The van der Waals surface area contributed by atoms with E-state index in [0.717, 1.165) is 6.07 Å². The number of aryl methyl sites for hydroxylation is 1. The van der Waals surface area contributed by atoms with E-state index in [0.29, 0.717) is 48.5 Å². The number of pyridine rings is 1. The van der Waals surface area contributed by atoms with Gasteiger partial charge in [0.1, 0.15) is 23.6 Å². The minimum atomic E-state index is -2.91. The summed E-state index contributed by atoms with van der Waals surface area (Å²) in [6.07, 6.45) is -0.345. The third kappa shape index (κ3) is 4.08. The van der Waals surface area contributed by atoms with Crippen molar-refractivity contribution >= 4 is 16.9 Å². The van der Waals surface area contributed by atoms with E-state index in [1.165, 1.54) is 23.0 Å². The van der Waals surface area contributed by atoms with E-state index in [1.807, 2.05) is 7.05 Å². The lowest BCUT2D eigenvalue weighted by Crippen LogP contribution is -2.48. The van der Waals surface area contributed by atoms with Crippen molar-refractivity contribution in [2.24, 2.45) is 7.05 Å². The summed E-state index contributed by atoms with van der Waals surface area (Å²) in [6.45, 7) is 2.71. The highest BCUT2D eigenvalue weighted by atomic mass is 19.3. The summed E-state index contributed by atoms with van der Waals surface area (Å²) >= 11 is 0. The Morgan fingerprint density at radius 2 is 1.88 bits per heavy atom. The summed E-state index contributed by atoms with van der Waals surface area (Å²) in [5, 5.41) is 7.00. The number of alkyl halides is 2. The third-order valence-electron chi connectivity index (χ3n) is 6.46. The van der Waals surface area contributed by atoms with Crippen molar-refractivity contribution in [3.8, 4) is 0 Å². The van der Waals surface area contributed by atoms with Crippen LogP contribution in [-0.4, -0.2) is 34.8 Å². The number of rotatable bonds is 6. The van der Waals surface area contributed by atoms with Gasteiger partial charge in [0.25, 0.3) is 12.0 Å². The molecule has 0 unspecified atom stereocenters. The average Bonchev–Trinajstić information content (AvgIpc) is 2.82. The van der Waals surface area contributed by atoms with Crippen LogP contribution in [0.2, 0.25) is 0 Å². The molecule has 33 heavy (non-hydrogen) atoms. The van der Waals surface area contributed by atoms with E-state index >= 15 is 0 Å². The fourth-order valence-corrected chi connectivity index (χ4v) is 4.46. The maximum Gasteiger partial charge on any atom is 0.266 e. The van der Waals surface area contributed by atoms with E-state index in [2.05, 4.69) is 20.6 Å². The molecule has 1 aliphatic rings. The highest BCUT2D eigenvalue weighted by Crippen LogP contribution is 2.33. The monoisotopic (exact) mass is 461 g/mol. The minimum absolute atomic E-state index is 0.0979. The summed E-state index contributed by atoms with van der Waals surface area (Å²) < 4.78 is 48.0. The van der Waals surface area contributed by atoms with Gasteiger partial charge in [0.2, 0.25) is 0 Å². The lowest BCUT2D eigenvalue weighted by molar-refractivity contribution is 0.0392. The van der Waals surface area contributed by atoms with Gasteiger partial charge >= 0.3 is 0 Å². The van der Waals surface area contributed by atoms with Crippen molar-refractivity contribution in [3.05, 3.63) is 63.5 Å². The zero-order valence-corrected chi connectivity index (χ0v) is 18.7. The van der Waals surface area contributed by atoms with Crippen LogP contribution in [-0.2, 0) is 17.3 Å². The summed E-state index contributed by atoms with van der Waals surface area (Å²) in [7, 11) is 3.46. The summed E-state index contributed by atoms with van der Waals surface area (Å²) in [5.74, 6) is -0.570. The van der Waals surface area contributed by atoms with Gasteiger partial charge in [0.05, 0.1) is 22.5 Å². The molecule has 0 bridgehead atoms. The molecule has 2 N–H and O–H groups in total. The molecular formula is C23H26F3N5O2. The number of nitrogens with one attached hydrogen (secondary N) is 2. The first kappa shape index (κ1) is 23.2. The topological polar surface area (TPSA) is 81.1 Å². The molecule has 0 saturated carbocycles. The standard InChI is InChI=1S/C23H26F3N5O2/c1-13(14-5-4-6-15(18(14)24)19(25)26)30-20-16-11-17(23(27-2)7-9-33-10-8-23)22(32)31(3)21(16)29-12-28-20/h4-6,11-13,19,27H,7-10H2,1-3H3,(H,28,29,30)/t13-/m1/s1. The first-order valence-electron chi connectivity index (χ1n) is 10.7. The maximum atomic E-state index is 14.7. The fraction of sp³-hybridized carbons (Fsp3) is 0.435. The number of aromatic nitrogens is 3.